The molecule has 1 heterocycles. The maximum absolute atomic E-state index is 9.06. The van der Waals surface area contributed by atoms with Gasteiger partial charge in [0.25, 0.3) is 0 Å². The van der Waals surface area contributed by atoms with E-state index in [1.165, 1.54) is 22.4 Å². The van der Waals surface area contributed by atoms with E-state index in [9.17, 15) is 0 Å². The lowest BCUT2D eigenvalue weighted by molar-refractivity contribution is 0.657. The van der Waals surface area contributed by atoms with Gasteiger partial charge in [-0.15, -0.1) is 0 Å². The van der Waals surface area contributed by atoms with E-state index in [0.29, 0.717) is 17.4 Å². The van der Waals surface area contributed by atoms with Gasteiger partial charge in [-0.2, -0.15) is 5.26 Å². The Hall–Kier alpha value is -3.18. The number of nitrogens with zero attached hydrogens (tertiary/aromatic N) is 2. The van der Waals surface area contributed by atoms with Gasteiger partial charge in [0, 0.05) is 18.2 Å². The maximum Gasteiger partial charge on any atom is 0.0991 e. The first-order valence-corrected chi connectivity index (χ1v) is 10.4. The second kappa shape index (κ2) is 8.05. The van der Waals surface area contributed by atoms with Crippen molar-refractivity contribution in [2.75, 3.05) is 6.54 Å². The molecule has 0 N–H and O–H groups in total. The summed E-state index contributed by atoms with van der Waals surface area (Å²) in [5.41, 5.74) is 7.10. The van der Waals surface area contributed by atoms with Crippen LogP contribution in [0.15, 0.2) is 59.6 Å². The fourth-order valence-electron chi connectivity index (χ4n) is 4.12. The number of nitriles is 1. The Morgan fingerprint density at radius 2 is 1.69 bits per heavy atom. The Bertz CT molecular complexity index is 1160. The second-order valence-corrected chi connectivity index (χ2v) is 8.10. The van der Waals surface area contributed by atoms with Gasteiger partial charge in [-0.3, -0.25) is 4.99 Å². The van der Waals surface area contributed by atoms with Gasteiger partial charge in [0.05, 0.1) is 11.6 Å². The first kappa shape index (κ1) is 19.2. The highest BCUT2D eigenvalue weighted by Gasteiger charge is 2.23. The third kappa shape index (κ3) is 3.87. The normalized spacial score (nSPS) is 16.1. The number of fused-ring (bicyclic) bond motifs is 2. The fraction of sp³-hybridized carbons (Fsp3) is 0.259. The number of benzene rings is 3. The topological polar surface area (TPSA) is 36.1 Å². The minimum absolute atomic E-state index is 0.451. The van der Waals surface area contributed by atoms with E-state index < -0.39 is 0 Å². The lowest BCUT2D eigenvalue weighted by atomic mass is 9.83. The van der Waals surface area contributed by atoms with Gasteiger partial charge in [0.2, 0.25) is 0 Å². The summed E-state index contributed by atoms with van der Waals surface area (Å²) in [6.07, 6.45) is 5.48. The minimum Gasteiger partial charge on any atom is -0.288 e. The lowest BCUT2D eigenvalue weighted by Crippen LogP contribution is -2.21. The van der Waals surface area contributed by atoms with Gasteiger partial charge in [0.1, 0.15) is 0 Å². The summed E-state index contributed by atoms with van der Waals surface area (Å²) in [6, 6.07) is 21.2. The molecule has 0 saturated carbocycles. The van der Waals surface area contributed by atoms with Crippen LogP contribution < -0.4 is 0 Å². The number of aliphatic imine (C=N–C) groups is 1. The molecule has 0 aliphatic carbocycles. The molecule has 1 atom stereocenters. The van der Waals surface area contributed by atoms with E-state index in [4.69, 9.17) is 10.3 Å². The van der Waals surface area contributed by atoms with Crippen molar-refractivity contribution in [1.29, 1.82) is 5.26 Å². The van der Waals surface area contributed by atoms with Gasteiger partial charge in [-0.05, 0) is 63.6 Å². The predicted molar refractivity (Wildman–Crippen MR) is 123 cm³/mol. The first-order chi connectivity index (χ1) is 14.1. The standard InChI is InChI=1S/C27H26N2/c1-4-22-17-29-27(18(2)3)25-12-9-20(15-26(22)25)6-5-19-7-10-24-14-21(16-28)8-11-23(24)13-19/h5-15,18,22H,4,17H2,1-3H3. The van der Waals surface area contributed by atoms with Crippen LogP contribution in [0.5, 0.6) is 0 Å². The monoisotopic (exact) mass is 378 g/mol. The predicted octanol–water partition coefficient (Wildman–Crippen LogP) is 6.83. The van der Waals surface area contributed by atoms with E-state index >= 15 is 0 Å². The highest BCUT2D eigenvalue weighted by atomic mass is 14.8. The third-order valence-electron chi connectivity index (χ3n) is 5.77. The van der Waals surface area contributed by atoms with Crippen molar-refractivity contribution in [2.24, 2.45) is 10.9 Å². The van der Waals surface area contributed by atoms with Crippen LogP contribution in [0.1, 0.15) is 60.9 Å². The molecule has 144 valence electrons. The van der Waals surface area contributed by atoms with Gasteiger partial charge in [0.15, 0.2) is 0 Å². The zero-order valence-corrected chi connectivity index (χ0v) is 17.3. The summed E-state index contributed by atoms with van der Waals surface area (Å²) in [7, 11) is 0. The van der Waals surface area contributed by atoms with Crippen molar-refractivity contribution in [2.45, 2.75) is 33.1 Å². The molecular weight excluding hydrogens is 352 g/mol. The molecule has 0 aromatic heterocycles. The van der Waals surface area contributed by atoms with Gasteiger partial charge >= 0.3 is 0 Å². The average Bonchev–Trinajstić information content (AvgIpc) is 2.76. The van der Waals surface area contributed by atoms with E-state index in [2.05, 4.69) is 75.4 Å². The van der Waals surface area contributed by atoms with Crippen LogP contribution in [0.4, 0.5) is 0 Å². The van der Waals surface area contributed by atoms with E-state index in [1.807, 2.05) is 18.2 Å². The summed E-state index contributed by atoms with van der Waals surface area (Å²) in [5, 5.41) is 11.3. The molecule has 0 amide bonds. The Morgan fingerprint density at radius 1 is 1.00 bits per heavy atom. The van der Waals surface area contributed by atoms with Crippen LogP contribution in [0.25, 0.3) is 22.9 Å². The maximum atomic E-state index is 9.06. The summed E-state index contributed by atoms with van der Waals surface area (Å²) < 4.78 is 0. The molecule has 0 fully saturated rings. The zero-order chi connectivity index (χ0) is 20.4. The molecule has 3 aromatic carbocycles. The fourth-order valence-corrected chi connectivity index (χ4v) is 4.12. The molecule has 1 aliphatic heterocycles. The Morgan fingerprint density at radius 3 is 2.41 bits per heavy atom. The van der Waals surface area contributed by atoms with Crippen molar-refractivity contribution < 1.29 is 0 Å². The van der Waals surface area contributed by atoms with Gasteiger partial charge < -0.3 is 0 Å². The molecule has 1 aliphatic rings. The summed E-state index contributed by atoms with van der Waals surface area (Å²) >= 11 is 0. The summed E-state index contributed by atoms with van der Waals surface area (Å²) in [6.45, 7) is 7.60. The van der Waals surface area contributed by atoms with Gasteiger partial charge in [-0.1, -0.05) is 69.3 Å². The summed E-state index contributed by atoms with van der Waals surface area (Å²) in [5.74, 6) is 0.961. The van der Waals surface area contributed by atoms with Crippen LogP contribution in [-0.2, 0) is 0 Å². The largest absolute Gasteiger partial charge is 0.288 e. The van der Waals surface area contributed by atoms with E-state index in [-0.39, 0.29) is 0 Å². The molecule has 4 rings (SSSR count). The van der Waals surface area contributed by atoms with Crippen molar-refractivity contribution in [1.82, 2.24) is 0 Å². The van der Waals surface area contributed by atoms with Crippen molar-refractivity contribution in [3.8, 4) is 6.07 Å². The Kier molecular flexibility index (Phi) is 5.32. The molecule has 0 bridgehead atoms. The number of rotatable bonds is 4. The lowest BCUT2D eigenvalue weighted by Gasteiger charge is -2.26. The minimum atomic E-state index is 0.451. The van der Waals surface area contributed by atoms with Crippen molar-refractivity contribution in [3.05, 3.63) is 82.4 Å². The van der Waals surface area contributed by atoms with Gasteiger partial charge in [-0.25, -0.2) is 0 Å². The SMILES string of the molecule is CCC1CN=C(C(C)C)c2ccc(C=Cc3ccc4cc(C#N)ccc4c3)cc21. The second-order valence-electron chi connectivity index (χ2n) is 8.10. The average molecular weight is 379 g/mol. The molecule has 2 heteroatoms. The molecule has 2 nitrogen and oxygen atoms in total. The Balaban J connectivity index is 1.65. The van der Waals surface area contributed by atoms with Crippen molar-refractivity contribution in [3.63, 3.8) is 0 Å². The third-order valence-corrected chi connectivity index (χ3v) is 5.77. The Labute approximate surface area is 173 Å². The van der Waals surface area contributed by atoms with Crippen LogP contribution >= 0.6 is 0 Å². The molecule has 0 spiro atoms. The van der Waals surface area contributed by atoms with E-state index in [1.54, 1.807) is 0 Å². The molecule has 29 heavy (non-hydrogen) atoms. The molecule has 0 saturated heterocycles. The highest BCUT2D eigenvalue weighted by Crippen LogP contribution is 2.32. The van der Waals surface area contributed by atoms with Crippen LogP contribution in [0, 0.1) is 17.2 Å². The quantitative estimate of drug-likeness (QED) is 0.458. The van der Waals surface area contributed by atoms with Crippen molar-refractivity contribution >= 4 is 28.6 Å². The number of hydrogen-bond acceptors (Lipinski definition) is 2. The van der Waals surface area contributed by atoms with Crippen LogP contribution in [0.2, 0.25) is 0 Å². The molecule has 0 radical (unpaired) electrons. The van der Waals surface area contributed by atoms with E-state index in [0.717, 1.165) is 29.3 Å². The van der Waals surface area contributed by atoms with Crippen LogP contribution in [-0.4, -0.2) is 12.3 Å². The zero-order valence-electron chi connectivity index (χ0n) is 17.3. The molecular formula is C27H26N2. The highest BCUT2D eigenvalue weighted by molar-refractivity contribution is 6.04. The molecule has 3 aromatic rings. The smallest absolute Gasteiger partial charge is 0.0991 e. The molecule has 1 unspecified atom stereocenters. The van der Waals surface area contributed by atoms with Crippen LogP contribution in [0.3, 0.4) is 0 Å². The first-order valence-electron chi connectivity index (χ1n) is 10.4. The number of hydrogen-bond donors (Lipinski definition) is 0. The summed E-state index contributed by atoms with van der Waals surface area (Å²) in [4.78, 5) is 4.87.